The summed E-state index contributed by atoms with van der Waals surface area (Å²) in [6.45, 7) is 3.62. The van der Waals surface area contributed by atoms with Crippen molar-refractivity contribution >= 4 is 17.5 Å². The molecule has 1 N–H and O–H groups in total. The summed E-state index contributed by atoms with van der Waals surface area (Å²) in [5.41, 5.74) is -0.442. The van der Waals surface area contributed by atoms with Gasteiger partial charge >= 0.3 is 0 Å². The number of halogens is 2. The predicted molar refractivity (Wildman–Crippen MR) is 81.6 cm³/mol. The molecule has 1 aromatic carbocycles. The van der Waals surface area contributed by atoms with Crippen molar-refractivity contribution in [2.24, 2.45) is 17.8 Å². The second kappa shape index (κ2) is 6.26. The van der Waals surface area contributed by atoms with Gasteiger partial charge in [0.05, 0.1) is 11.8 Å². The maximum absolute atomic E-state index is 13.5. The second-order valence-electron chi connectivity index (χ2n) is 6.54. The number of likely N-dealkylation sites (tertiary alicyclic amines) is 1. The molecule has 4 nitrogen and oxygen atoms in total. The Labute approximate surface area is 133 Å². The Bertz CT molecular complexity index is 607. The molecular formula is C17H20F2N2O2. The van der Waals surface area contributed by atoms with Crippen LogP contribution in [0, 0.1) is 29.4 Å². The molecule has 0 spiro atoms. The number of piperidine rings is 1. The van der Waals surface area contributed by atoms with Crippen LogP contribution in [-0.4, -0.2) is 29.8 Å². The molecular weight excluding hydrogens is 302 g/mol. The Morgan fingerprint density at radius 3 is 2.35 bits per heavy atom. The quantitative estimate of drug-likeness (QED) is 0.930. The summed E-state index contributed by atoms with van der Waals surface area (Å²) in [6, 6.07) is 3.41. The van der Waals surface area contributed by atoms with Gasteiger partial charge in [0.1, 0.15) is 17.3 Å². The van der Waals surface area contributed by atoms with E-state index in [-0.39, 0.29) is 11.8 Å². The van der Waals surface area contributed by atoms with E-state index in [0.29, 0.717) is 12.3 Å². The van der Waals surface area contributed by atoms with Crippen molar-refractivity contribution in [3.05, 3.63) is 29.8 Å². The normalized spacial score (nSPS) is 24.4. The van der Waals surface area contributed by atoms with Crippen molar-refractivity contribution in [3.8, 4) is 0 Å². The van der Waals surface area contributed by atoms with E-state index in [2.05, 4.69) is 12.2 Å². The topological polar surface area (TPSA) is 49.4 Å². The number of hydrogen-bond donors (Lipinski definition) is 1. The molecule has 1 saturated heterocycles. The van der Waals surface area contributed by atoms with Crippen molar-refractivity contribution in [1.29, 1.82) is 0 Å². The molecule has 3 rings (SSSR count). The third-order valence-corrected chi connectivity index (χ3v) is 4.75. The van der Waals surface area contributed by atoms with Crippen LogP contribution in [0.3, 0.4) is 0 Å². The number of carbonyl (C=O) groups excluding carboxylic acids is 2. The molecule has 6 heteroatoms. The summed E-state index contributed by atoms with van der Waals surface area (Å²) in [4.78, 5) is 26.3. The van der Waals surface area contributed by atoms with Gasteiger partial charge < -0.3 is 10.2 Å². The monoisotopic (exact) mass is 322 g/mol. The first-order chi connectivity index (χ1) is 11.0. The number of amides is 2. The summed E-state index contributed by atoms with van der Waals surface area (Å²) in [5.74, 6) is -2.33. The van der Waals surface area contributed by atoms with Crippen molar-refractivity contribution in [1.82, 2.24) is 4.90 Å². The number of nitrogens with zero attached hydrogens (tertiary/aromatic N) is 1. The lowest BCUT2D eigenvalue weighted by molar-refractivity contribution is -0.135. The van der Waals surface area contributed by atoms with Crippen LogP contribution in [0.2, 0.25) is 0 Å². The van der Waals surface area contributed by atoms with Crippen molar-refractivity contribution < 1.29 is 18.4 Å². The van der Waals surface area contributed by atoms with Gasteiger partial charge in [-0.3, -0.25) is 9.59 Å². The Morgan fingerprint density at radius 1 is 1.13 bits per heavy atom. The fraction of sp³-hybridized carbons (Fsp3) is 0.529. The van der Waals surface area contributed by atoms with Crippen LogP contribution >= 0.6 is 0 Å². The van der Waals surface area contributed by atoms with E-state index in [1.807, 2.05) is 4.90 Å². The number of rotatable bonds is 3. The molecule has 2 aliphatic rings. The minimum absolute atomic E-state index is 0.00828. The van der Waals surface area contributed by atoms with Gasteiger partial charge in [-0.15, -0.1) is 0 Å². The molecule has 1 heterocycles. The zero-order valence-corrected chi connectivity index (χ0v) is 13.0. The largest absolute Gasteiger partial charge is 0.342 e. The van der Waals surface area contributed by atoms with E-state index in [1.165, 1.54) is 6.07 Å². The van der Waals surface area contributed by atoms with Gasteiger partial charge in [0, 0.05) is 13.1 Å². The second-order valence-corrected chi connectivity index (χ2v) is 6.54. The first-order valence-electron chi connectivity index (χ1n) is 8.01. The molecule has 23 heavy (non-hydrogen) atoms. The van der Waals surface area contributed by atoms with Crippen LogP contribution in [0.4, 0.5) is 14.5 Å². The third kappa shape index (κ3) is 3.35. The van der Waals surface area contributed by atoms with E-state index in [1.54, 1.807) is 0 Å². The fourth-order valence-corrected chi connectivity index (χ4v) is 3.05. The Hall–Kier alpha value is -1.98. The molecule has 1 aliphatic heterocycles. The van der Waals surface area contributed by atoms with E-state index < -0.39 is 29.1 Å². The number of benzene rings is 1. The summed E-state index contributed by atoms with van der Waals surface area (Å²) in [7, 11) is 0. The minimum atomic E-state index is -0.813. The molecule has 1 aromatic rings. The first kappa shape index (κ1) is 15.9. The van der Waals surface area contributed by atoms with Crippen molar-refractivity contribution in [2.45, 2.75) is 26.2 Å². The number of hydrogen-bond acceptors (Lipinski definition) is 2. The molecule has 2 unspecified atom stereocenters. The molecule has 2 atom stereocenters. The highest BCUT2D eigenvalue weighted by molar-refractivity contribution is 5.99. The lowest BCUT2D eigenvalue weighted by Crippen LogP contribution is -2.39. The van der Waals surface area contributed by atoms with Crippen LogP contribution in [0.15, 0.2) is 18.2 Å². The Kier molecular flexibility index (Phi) is 4.33. The third-order valence-electron chi connectivity index (χ3n) is 4.75. The van der Waals surface area contributed by atoms with Crippen molar-refractivity contribution in [2.75, 3.05) is 18.4 Å². The zero-order chi connectivity index (χ0) is 16.6. The maximum Gasteiger partial charge on any atom is 0.228 e. The minimum Gasteiger partial charge on any atom is -0.342 e. The van der Waals surface area contributed by atoms with Gasteiger partial charge in [-0.1, -0.05) is 13.0 Å². The van der Waals surface area contributed by atoms with Crippen LogP contribution in [0.1, 0.15) is 26.2 Å². The Morgan fingerprint density at radius 2 is 1.74 bits per heavy atom. The maximum atomic E-state index is 13.5. The fourth-order valence-electron chi connectivity index (χ4n) is 3.05. The van der Waals surface area contributed by atoms with Crippen LogP contribution in [0.25, 0.3) is 0 Å². The van der Waals surface area contributed by atoms with Gasteiger partial charge in [0.25, 0.3) is 0 Å². The molecule has 0 radical (unpaired) electrons. The smallest absolute Gasteiger partial charge is 0.228 e. The molecule has 1 saturated carbocycles. The first-order valence-corrected chi connectivity index (χ1v) is 8.01. The molecule has 0 bridgehead atoms. The van der Waals surface area contributed by atoms with Crippen LogP contribution in [0.5, 0.6) is 0 Å². The van der Waals surface area contributed by atoms with E-state index >= 15 is 0 Å². The van der Waals surface area contributed by atoms with Crippen LogP contribution in [-0.2, 0) is 9.59 Å². The van der Waals surface area contributed by atoms with E-state index in [9.17, 15) is 18.4 Å². The molecule has 2 amide bonds. The Balaban J connectivity index is 1.58. The highest BCUT2D eigenvalue weighted by atomic mass is 19.1. The predicted octanol–water partition coefficient (Wildman–Crippen LogP) is 2.80. The summed E-state index contributed by atoms with van der Waals surface area (Å²) < 4.78 is 27.1. The molecule has 2 fully saturated rings. The average Bonchev–Trinajstić information content (AvgIpc) is 3.32. The lowest BCUT2D eigenvalue weighted by Gasteiger charge is -2.30. The van der Waals surface area contributed by atoms with Gasteiger partial charge in [-0.2, -0.15) is 0 Å². The number of para-hydroxylation sites is 1. The molecule has 1 aliphatic carbocycles. The standard InChI is InChI=1S/C17H20F2N2O2/c1-10-5-7-21(8-6-10)17(23)12-9-11(12)16(22)20-15-13(18)3-2-4-14(15)19/h2-4,10-12H,5-9H2,1H3,(H,20,22). The van der Waals surface area contributed by atoms with Crippen LogP contribution < -0.4 is 5.32 Å². The molecule has 124 valence electrons. The SMILES string of the molecule is CC1CCN(C(=O)C2CC2C(=O)Nc2c(F)cccc2F)CC1. The van der Waals surface area contributed by atoms with Gasteiger partial charge in [-0.05, 0) is 37.3 Å². The average molecular weight is 322 g/mol. The van der Waals surface area contributed by atoms with Gasteiger partial charge in [0.2, 0.25) is 11.8 Å². The summed E-state index contributed by atoms with van der Waals surface area (Å²) in [6.07, 6.45) is 2.41. The summed E-state index contributed by atoms with van der Waals surface area (Å²) in [5, 5.41) is 2.28. The highest BCUT2D eigenvalue weighted by Crippen LogP contribution is 2.41. The number of carbonyl (C=O) groups is 2. The number of anilines is 1. The molecule has 0 aromatic heterocycles. The number of nitrogens with one attached hydrogen (secondary N) is 1. The van der Waals surface area contributed by atoms with Gasteiger partial charge in [-0.25, -0.2) is 8.78 Å². The highest BCUT2D eigenvalue weighted by Gasteiger charge is 2.49. The van der Waals surface area contributed by atoms with Gasteiger partial charge in [0.15, 0.2) is 0 Å². The summed E-state index contributed by atoms with van der Waals surface area (Å²) >= 11 is 0. The van der Waals surface area contributed by atoms with E-state index in [0.717, 1.165) is 38.1 Å². The van der Waals surface area contributed by atoms with Crippen molar-refractivity contribution in [3.63, 3.8) is 0 Å². The zero-order valence-electron chi connectivity index (χ0n) is 13.0. The van der Waals surface area contributed by atoms with E-state index in [4.69, 9.17) is 0 Å². The lowest BCUT2D eigenvalue weighted by atomic mass is 9.99.